The third kappa shape index (κ3) is 3.39. The summed E-state index contributed by atoms with van der Waals surface area (Å²) in [6.07, 6.45) is 1.45. The zero-order valence-corrected chi connectivity index (χ0v) is 14.8. The lowest BCUT2D eigenvalue weighted by molar-refractivity contribution is 0.0999. The highest BCUT2D eigenvalue weighted by Gasteiger charge is 2.19. The predicted octanol–water partition coefficient (Wildman–Crippen LogP) is 4.16. The van der Waals surface area contributed by atoms with Crippen molar-refractivity contribution in [1.82, 2.24) is 4.98 Å². The maximum atomic E-state index is 12.5. The number of rotatable bonds is 5. The van der Waals surface area contributed by atoms with Crippen LogP contribution in [0.5, 0.6) is 0 Å². The molecule has 0 saturated carbocycles. The van der Waals surface area contributed by atoms with Crippen LogP contribution in [0.4, 0.5) is 17.2 Å². The molecular weight excluding hydrogens is 340 g/mol. The maximum absolute atomic E-state index is 12.5. The third-order valence-electron chi connectivity index (χ3n) is 4.02. The first kappa shape index (κ1) is 17.1. The number of pyridine rings is 1. The van der Waals surface area contributed by atoms with E-state index in [1.54, 1.807) is 12.1 Å². The molecule has 0 unspecified atom stereocenters. The summed E-state index contributed by atoms with van der Waals surface area (Å²) in [4.78, 5) is 18.7. The number of halogens is 1. The third-order valence-corrected chi connectivity index (χ3v) is 4.24. The van der Waals surface area contributed by atoms with Gasteiger partial charge in [0.2, 0.25) is 5.76 Å². The molecule has 0 fully saturated rings. The monoisotopic (exact) mass is 358 g/mol. The first-order valence-electron chi connectivity index (χ1n) is 8.03. The molecule has 0 saturated heterocycles. The van der Waals surface area contributed by atoms with Crippen LogP contribution in [0, 0.1) is 0 Å². The molecule has 6 nitrogen and oxygen atoms in total. The number of fused-ring (bicyclic) bond motifs is 1. The molecule has 0 aliphatic rings. The van der Waals surface area contributed by atoms with Crippen molar-refractivity contribution in [2.24, 2.45) is 0 Å². The number of carbonyl (C=O) groups is 1. The van der Waals surface area contributed by atoms with Crippen LogP contribution in [0.1, 0.15) is 24.4 Å². The second-order valence-corrected chi connectivity index (χ2v) is 5.95. The Morgan fingerprint density at radius 2 is 2.04 bits per heavy atom. The van der Waals surface area contributed by atoms with Crippen LogP contribution < -0.4 is 16.0 Å². The van der Waals surface area contributed by atoms with Crippen LogP contribution in [-0.4, -0.2) is 24.0 Å². The highest BCUT2D eigenvalue weighted by molar-refractivity contribution is 6.30. The van der Waals surface area contributed by atoms with E-state index in [2.05, 4.69) is 29.0 Å². The number of nitrogen functional groups attached to an aromatic ring is 1. The van der Waals surface area contributed by atoms with Crippen molar-refractivity contribution < 1.29 is 9.21 Å². The molecule has 0 radical (unpaired) electrons. The molecule has 1 amide bonds. The maximum Gasteiger partial charge on any atom is 0.294 e. The first-order chi connectivity index (χ1) is 12.0. The number of hydrogen-bond donors (Lipinski definition) is 2. The molecule has 0 atom stereocenters. The van der Waals surface area contributed by atoms with Crippen molar-refractivity contribution in [3.05, 3.63) is 47.3 Å². The van der Waals surface area contributed by atoms with E-state index >= 15 is 0 Å². The summed E-state index contributed by atoms with van der Waals surface area (Å²) < 4.78 is 5.72. The molecule has 0 spiro atoms. The first-order valence-corrected chi connectivity index (χ1v) is 8.41. The van der Waals surface area contributed by atoms with Gasteiger partial charge in [0.05, 0.1) is 10.7 Å². The molecule has 0 aliphatic heterocycles. The number of nitrogens with two attached hydrogens (primary N) is 1. The van der Waals surface area contributed by atoms with Gasteiger partial charge in [-0.05, 0) is 38.1 Å². The quantitative estimate of drug-likeness (QED) is 0.715. The van der Waals surface area contributed by atoms with E-state index < -0.39 is 5.91 Å². The fourth-order valence-electron chi connectivity index (χ4n) is 2.68. The Morgan fingerprint density at radius 3 is 2.68 bits per heavy atom. The number of hydrogen-bond acceptors (Lipinski definition) is 5. The van der Waals surface area contributed by atoms with E-state index in [1.807, 2.05) is 18.2 Å². The Bertz CT molecular complexity index is 901. The van der Waals surface area contributed by atoms with E-state index in [4.69, 9.17) is 21.8 Å². The van der Waals surface area contributed by atoms with Gasteiger partial charge < -0.3 is 20.4 Å². The zero-order chi connectivity index (χ0) is 18.0. The van der Waals surface area contributed by atoms with Gasteiger partial charge >= 0.3 is 0 Å². The fraction of sp³-hybridized carbons (Fsp3) is 0.222. The van der Waals surface area contributed by atoms with E-state index in [-0.39, 0.29) is 5.76 Å². The normalized spacial score (nSPS) is 10.8. The lowest BCUT2D eigenvalue weighted by Gasteiger charge is -2.20. The number of nitrogens with zero attached hydrogens (tertiary/aromatic N) is 2. The Kier molecular flexibility index (Phi) is 4.81. The lowest BCUT2D eigenvalue weighted by atomic mass is 10.2. The van der Waals surface area contributed by atoms with Crippen LogP contribution in [0.25, 0.3) is 11.0 Å². The summed E-state index contributed by atoms with van der Waals surface area (Å²) in [6.45, 7) is 5.94. The van der Waals surface area contributed by atoms with Gasteiger partial charge in [-0.15, -0.1) is 0 Å². The summed E-state index contributed by atoms with van der Waals surface area (Å²) in [5.41, 5.74) is 8.02. The van der Waals surface area contributed by atoms with Gasteiger partial charge in [-0.3, -0.25) is 4.79 Å². The van der Waals surface area contributed by atoms with E-state index in [1.165, 1.54) is 6.20 Å². The van der Waals surface area contributed by atoms with Gasteiger partial charge in [-0.2, -0.15) is 0 Å². The molecule has 3 N–H and O–H groups in total. The average molecular weight is 359 g/mol. The number of nitrogens with one attached hydrogen (secondary N) is 1. The van der Waals surface area contributed by atoms with Gasteiger partial charge in [-0.1, -0.05) is 11.6 Å². The van der Waals surface area contributed by atoms with Crippen LogP contribution in [0.15, 0.2) is 40.9 Å². The number of furan rings is 1. The molecule has 2 heterocycles. The standard InChI is InChI=1S/C18H19ClN4O2/c1-3-23(4-2)12-6-7-13-14(9-12)25-17(16(13)20)18(24)22-15-8-5-11(19)10-21-15/h5-10H,3-4,20H2,1-2H3,(H,21,22,24). The Hall–Kier alpha value is -2.73. The minimum absolute atomic E-state index is 0.0726. The molecule has 0 aliphatic carbocycles. The molecule has 1 aromatic carbocycles. The van der Waals surface area contributed by atoms with E-state index in [0.717, 1.165) is 18.8 Å². The van der Waals surface area contributed by atoms with Crippen LogP contribution in [0.2, 0.25) is 5.02 Å². The average Bonchev–Trinajstić information content (AvgIpc) is 2.94. The largest absolute Gasteiger partial charge is 0.449 e. The topological polar surface area (TPSA) is 84.4 Å². The van der Waals surface area contributed by atoms with Gasteiger partial charge in [0.1, 0.15) is 11.4 Å². The smallest absolute Gasteiger partial charge is 0.294 e. The predicted molar refractivity (Wildman–Crippen MR) is 101 cm³/mol. The summed E-state index contributed by atoms with van der Waals surface area (Å²) >= 11 is 5.79. The lowest BCUT2D eigenvalue weighted by Crippen LogP contribution is -2.21. The van der Waals surface area contributed by atoms with E-state index in [0.29, 0.717) is 27.5 Å². The zero-order valence-electron chi connectivity index (χ0n) is 14.0. The van der Waals surface area contributed by atoms with Crippen molar-refractivity contribution in [3.8, 4) is 0 Å². The highest BCUT2D eigenvalue weighted by Crippen LogP contribution is 2.32. The van der Waals surface area contributed by atoms with Crippen molar-refractivity contribution in [2.45, 2.75) is 13.8 Å². The minimum Gasteiger partial charge on any atom is -0.449 e. The Balaban J connectivity index is 1.92. The molecule has 2 aromatic heterocycles. The number of benzene rings is 1. The minimum atomic E-state index is -0.451. The number of carbonyl (C=O) groups excluding carboxylic acids is 1. The Morgan fingerprint density at radius 1 is 1.28 bits per heavy atom. The summed E-state index contributed by atoms with van der Waals surface area (Å²) in [5, 5.41) is 3.86. The Labute approximate surface area is 150 Å². The van der Waals surface area contributed by atoms with Crippen LogP contribution in [0.3, 0.4) is 0 Å². The van der Waals surface area contributed by atoms with Gasteiger partial charge in [0.25, 0.3) is 5.91 Å². The van der Waals surface area contributed by atoms with E-state index in [9.17, 15) is 4.79 Å². The fourth-order valence-corrected chi connectivity index (χ4v) is 2.79. The van der Waals surface area contributed by atoms with Crippen molar-refractivity contribution in [3.63, 3.8) is 0 Å². The molecule has 3 rings (SSSR count). The summed E-state index contributed by atoms with van der Waals surface area (Å²) in [5.74, 6) is -0.00514. The summed E-state index contributed by atoms with van der Waals surface area (Å²) in [6, 6.07) is 9.00. The SMILES string of the molecule is CCN(CC)c1ccc2c(N)c(C(=O)Nc3ccc(Cl)cn3)oc2c1. The number of anilines is 3. The van der Waals surface area contributed by atoms with Gasteiger partial charge in [0, 0.05) is 36.4 Å². The molecule has 0 bridgehead atoms. The van der Waals surface area contributed by atoms with Crippen molar-refractivity contribution >= 4 is 45.7 Å². The number of aromatic nitrogens is 1. The highest BCUT2D eigenvalue weighted by atomic mass is 35.5. The van der Waals surface area contributed by atoms with Crippen LogP contribution in [-0.2, 0) is 0 Å². The molecule has 7 heteroatoms. The number of amides is 1. The molecule has 130 valence electrons. The van der Waals surface area contributed by atoms with Crippen molar-refractivity contribution in [1.29, 1.82) is 0 Å². The molecule has 25 heavy (non-hydrogen) atoms. The second-order valence-electron chi connectivity index (χ2n) is 5.51. The van der Waals surface area contributed by atoms with Gasteiger partial charge in [-0.25, -0.2) is 4.98 Å². The molecular formula is C18H19ClN4O2. The second kappa shape index (κ2) is 7.03. The van der Waals surface area contributed by atoms with Crippen molar-refractivity contribution in [2.75, 3.05) is 29.0 Å². The van der Waals surface area contributed by atoms with Gasteiger partial charge in [0.15, 0.2) is 0 Å². The van der Waals surface area contributed by atoms with Crippen LogP contribution >= 0.6 is 11.6 Å². The molecule has 3 aromatic rings. The summed E-state index contributed by atoms with van der Waals surface area (Å²) in [7, 11) is 0.